The second-order valence-corrected chi connectivity index (χ2v) is 7.47. The molecule has 19 heavy (non-hydrogen) atoms. The predicted molar refractivity (Wildman–Crippen MR) is 82.2 cm³/mol. The highest BCUT2D eigenvalue weighted by atomic mass is 35.5. The standard InChI is InChI=1S/C14H15ClN2OS/c1-14(2,3)19(18)16-9-10-8-13(15)17-12-7-5-4-6-11(10)12/h4-9H,1-3H3. The summed E-state index contributed by atoms with van der Waals surface area (Å²) in [5.74, 6) is 0. The van der Waals surface area contributed by atoms with Crippen molar-refractivity contribution >= 4 is 40.1 Å². The van der Waals surface area contributed by atoms with E-state index in [9.17, 15) is 4.55 Å². The van der Waals surface area contributed by atoms with Crippen LogP contribution in [-0.4, -0.2) is 20.5 Å². The van der Waals surface area contributed by atoms with Crippen molar-refractivity contribution in [3.05, 3.63) is 41.0 Å². The van der Waals surface area contributed by atoms with Gasteiger partial charge in [0.15, 0.2) is 0 Å². The summed E-state index contributed by atoms with van der Waals surface area (Å²) >= 11 is 4.70. The third-order valence-corrected chi connectivity index (χ3v) is 4.07. The van der Waals surface area contributed by atoms with Gasteiger partial charge in [0.2, 0.25) is 0 Å². The number of fused-ring (bicyclic) bond motifs is 1. The van der Waals surface area contributed by atoms with Gasteiger partial charge in [0, 0.05) is 10.9 Å². The van der Waals surface area contributed by atoms with Crippen LogP contribution in [0.3, 0.4) is 0 Å². The number of hydrogen-bond donors (Lipinski definition) is 0. The number of nitrogens with zero attached hydrogens (tertiary/aromatic N) is 2. The summed E-state index contributed by atoms with van der Waals surface area (Å²) in [6, 6.07) is 9.39. The zero-order valence-electron chi connectivity index (χ0n) is 11.1. The largest absolute Gasteiger partial charge is 0.591 e. The van der Waals surface area contributed by atoms with Gasteiger partial charge in [-0.05, 0) is 32.9 Å². The number of aromatic nitrogens is 1. The fraction of sp³-hybridized carbons (Fsp3) is 0.286. The van der Waals surface area contributed by atoms with E-state index in [4.69, 9.17) is 11.6 Å². The van der Waals surface area contributed by atoms with Gasteiger partial charge in [0.1, 0.15) is 21.3 Å². The molecule has 0 saturated heterocycles. The first-order valence-electron chi connectivity index (χ1n) is 5.89. The first kappa shape index (κ1) is 14.3. The molecule has 100 valence electrons. The van der Waals surface area contributed by atoms with E-state index in [1.165, 1.54) is 0 Å². The van der Waals surface area contributed by atoms with Crippen molar-refractivity contribution < 1.29 is 4.55 Å². The molecule has 0 aliphatic carbocycles. The smallest absolute Gasteiger partial charge is 0.144 e. The molecule has 3 nitrogen and oxygen atoms in total. The quantitative estimate of drug-likeness (QED) is 0.481. The maximum absolute atomic E-state index is 11.9. The van der Waals surface area contributed by atoms with Gasteiger partial charge >= 0.3 is 0 Å². The van der Waals surface area contributed by atoms with Crippen LogP contribution in [-0.2, 0) is 11.4 Å². The zero-order valence-corrected chi connectivity index (χ0v) is 12.6. The van der Waals surface area contributed by atoms with Crippen molar-refractivity contribution in [3.63, 3.8) is 0 Å². The zero-order chi connectivity index (χ0) is 14.0. The Balaban J connectivity index is 2.43. The Bertz CT molecular complexity index is 622. The first-order chi connectivity index (χ1) is 8.88. The number of benzene rings is 1. The molecule has 0 N–H and O–H groups in total. The lowest BCUT2D eigenvalue weighted by Gasteiger charge is -2.17. The molecule has 0 saturated carbocycles. The van der Waals surface area contributed by atoms with E-state index < -0.39 is 11.4 Å². The molecular formula is C14H15ClN2OS. The Morgan fingerprint density at radius 3 is 2.68 bits per heavy atom. The summed E-state index contributed by atoms with van der Waals surface area (Å²) in [6.07, 6.45) is 1.61. The molecule has 0 radical (unpaired) electrons. The molecule has 1 aromatic carbocycles. The topological polar surface area (TPSA) is 48.3 Å². The molecule has 0 aliphatic rings. The fourth-order valence-corrected chi connectivity index (χ4v) is 2.27. The summed E-state index contributed by atoms with van der Waals surface area (Å²) in [4.78, 5) is 4.24. The van der Waals surface area contributed by atoms with Gasteiger partial charge in [-0.3, -0.25) is 0 Å². The minimum Gasteiger partial charge on any atom is -0.591 e. The molecule has 0 amide bonds. The van der Waals surface area contributed by atoms with Crippen molar-refractivity contribution in [3.8, 4) is 0 Å². The van der Waals surface area contributed by atoms with E-state index >= 15 is 0 Å². The lowest BCUT2D eigenvalue weighted by Crippen LogP contribution is -2.25. The number of hydrogen-bond acceptors (Lipinski definition) is 3. The van der Waals surface area contributed by atoms with Crippen LogP contribution in [0, 0.1) is 0 Å². The number of rotatable bonds is 2. The lowest BCUT2D eigenvalue weighted by atomic mass is 10.1. The Hall–Kier alpha value is -1.10. The van der Waals surface area contributed by atoms with Crippen molar-refractivity contribution in [1.29, 1.82) is 0 Å². The predicted octanol–water partition coefficient (Wildman–Crippen LogP) is 3.77. The average Bonchev–Trinajstić information content (AvgIpc) is 2.34. The van der Waals surface area contributed by atoms with E-state index in [1.54, 1.807) is 12.3 Å². The van der Waals surface area contributed by atoms with Gasteiger partial charge in [-0.15, -0.1) is 0 Å². The van der Waals surface area contributed by atoms with Gasteiger partial charge in [-0.1, -0.05) is 34.2 Å². The molecule has 2 rings (SSSR count). The van der Waals surface area contributed by atoms with Crippen LogP contribution in [0.1, 0.15) is 26.3 Å². The van der Waals surface area contributed by atoms with Gasteiger partial charge < -0.3 is 4.55 Å². The molecule has 0 bridgehead atoms. The number of halogens is 1. The number of pyridine rings is 1. The summed E-state index contributed by atoms with van der Waals surface area (Å²) in [7, 11) is 0. The normalized spacial score (nSPS) is 14.2. The fourth-order valence-electron chi connectivity index (χ4n) is 1.54. The van der Waals surface area contributed by atoms with E-state index in [-0.39, 0.29) is 4.75 Å². The molecular weight excluding hydrogens is 280 g/mol. The summed E-state index contributed by atoms with van der Waals surface area (Å²) < 4.78 is 15.7. The molecule has 5 heteroatoms. The van der Waals surface area contributed by atoms with E-state index in [2.05, 4.69) is 9.38 Å². The van der Waals surface area contributed by atoms with E-state index in [0.29, 0.717) is 5.15 Å². The van der Waals surface area contributed by atoms with Crippen LogP contribution >= 0.6 is 11.6 Å². The second-order valence-electron chi connectivity index (χ2n) is 5.15. The van der Waals surface area contributed by atoms with Crippen LogP contribution in [0.2, 0.25) is 5.15 Å². The third kappa shape index (κ3) is 3.47. The molecule has 0 fully saturated rings. The third-order valence-electron chi connectivity index (χ3n) is 2.53. The van der Waals surface area contributed by atoms with Crippen LogP contribution < -0.4 is 0 Å². The highest BCUT2D eigenvalue weighted by molar-refractivity contribution is 7.91. The monoisotopic (exact) mass is 294 g/mol. The summed E-state index contributed by atoms with van der Waals surface area (Å²) in [5.41, 5.74) is 1.63. The summed E-state index contributed by atoms with van der Waals surface area (Å²) in [5, 5.41) is 1.35. The first-order valence-corrected chi connectivity index (χ1v) is 7.38. The van der Waals surface area contributed by atoms with Gasteiger partial charge in [0.25, 0.3) is 0 Å². The highest BCUT2D eigenvalue weighted by Gasteiger charge is 2.25. The van der Waals surface area contributed by atoms with Crippen molar-refractivity contribution in [2.45, 2.75) is 25.5 Å². The van der Waals surface area contributed by atoms with Gasteiger partial charge in [-0.2, -0.15) is 0 Å². The molecule has 0 aliphatic heterocycles. The highest BCUT2D eigenvalue weighted by Crippen LogP contribution is 2.21. The van der Waals surface area contributed by atoms with Gasteiger partial charge in [-0.25, -0.2) is 4.98 Å². The van der Waals surface area contributed by atoms with E-state index in [1.807, 2.05) is 45.0 Å². The average molecular weight is 295 g/mol. The Morgan fingerprint density at radius 1 is 1.32 bits per heavy atom. The second kappa shape index (κ2) is 5.49. The minimum absolute atomic E-state index is 0.372. The van der Waals surface area contributed by atoms with Crippen LogP contribution in [0.4, 0.5) is 0 Å². The maximum atomic E-state index is 11.9. The van der Waals surface area contributed by atoms with Crippen molar-refractivity contribution in [2.24, 2.45) is 4.40 Å². The SMILES string of the molecule is CC(C)(C)[S+]([O-])N=Cc1cc(Cl)nc2ccccc12. The molecule has 1 atom stereocenters. The minimum atomic E-state index is -1.28. The molecule has 2 aromatic rings. The van der Waals surface area contributed by atoms with Crippen LogP contribution in [0.25, 0.3) is 10.9 Å². The van der Waals surface area contributed by atoms with Crippen molar-refractivity contribution in [2.75, 3.05) is 0 Å². The molecule has 1 unspecified atom stereocenters. The van der Waals surface area contributed by atoms with Gasteiger partial charge in [0.05, 0.1) is 11.7 Å². The molecule has 1 aromatic heterocycles. The van der Waals surface area contributed by atoms with Crippen LogP contribution in [0.15, 0.2) is 34.7 Å². The Labute approximate surface area is 121 Å². The molecule has 1 heterocycles. The summed E-state index contributed by atoms with van der Waals surface area (Å²) in [6.45, 7) is 5.66. The maximum Gasteiger partial charge on any atom is 0.144 e. The van der Waals surface area contributed by atoms with Crippen molar-refractivity contribution in [1.82, 2.24) is 4.98 Å². The molecule has 0 spiro atoms. The Morgan fingerprint density at radius 2 is 2.00 bits per heavy atom. The lowest BCUT2D eigenvalue weighted by molar-refractivity contribution is 0.562. The Kier molecular flexibility index (Phi) is 4.13. The van der Waals surface area contributed by atoms with Crippen LogP contribution in [0.5, 0.6) is 0 Å². The number of para-hydroxylation sites is 1. The van der Waals surface area contributed by atoms with E-state index in [0.717, 1.165) is 16.5 Å².